The number of rotatable bonds is 4. The van der Waals surface area contributed by atoms with Crippen LogP contribution in [0.25, 0.3) is 0 Å². The van der Waals surface area contributed by atoms with Gasteiger partial charge in [0, 0.05) is 0 Å². The van der Waals surface area contributed by atoms with E-state index in [0.717, 1.165) is 5.56 Å². The van der Waals surface area contributed by atoms with Gasteiger partial charge in [0.25, 0.3) is 0 Å². The fourth-order valence-corrected chi connectivity index (χ4v) is 2.47. The summed E-state index contributed by atoms with van der Waals surface area (Å²) in [5.74, 6) is 0.223. The number of benzene rings is 2. The van der Waals surface area contributed by atoms with Crippen LogP contribution in [-0.4, -0.2) is 13.1 Å². The number of carbonyl (C=O) groups is 1. The average Bonchev–Trinajstić information content (AvgIpc) is 2.48. The molecule has 0 spiro atoms. The zero-order valence-electron chi connectivity index (χ0n) is 11.0. The molecule has 6 heteroatoms. The van der Waals surface area contributed by atoms with Gasteiger partial charge in [-0.05, 0) is 51.8 Å². The number of hydrogen-bond donors (Lipinski definition) is 0. The third kappa shape index (κ3) is 4.13. The minimum Gasteiger partial charge on any atom is -0.488 e. The van der Waals surface area contributed by atoms with Gasteiger partial charge in [0.05, 0.1) is 27.2 Å². The fraction of sp³-hybridized carbons (Fsp3) is 0.133. The first-order chi connectivity index (χ1) is 10.0. The topological polar surface area (TPSA) is 35.5 Å². The Kier molecular flexibility index (Phi) is 5.51. The molecule has 0 unspecified atom stereocenters. The lowest BCUT2D eigenvalue weighted by Gasteiger charge is -2.10. The van der Waals surface area contributed by atoms with Crippen molar-refractivity contribution in [1.82, 2.24) is 0 Å². The van der Waals surface area contributed by atoms with Gasteiger partial charge in [0.2, 0.25) is 0 Å². The Hall–Kier alpha value is -1.23. The summed E-state index contributed by atoms with van der Waals surface area (Å²) in [6, 6.07) is 10.3. The molecule has 3 nitrogen and oxygen atoms in total. The molecule has 0 N–H and O–H groups in total. The third-order valence-corrected chi connectivity index (χ3v) is 4.09. The summed E-state index contributed by atoms with van der Waals surface area (Å²) in [6.45, 7) is 0.340. The van der Waals surface area contributed by atoms with E-state index in [1.165, 1.54) is 7.11 Å². The highest BCUT2D eigenvalue weighted by Gasteiger charge is 2.09. The van der Waals surface area contributed by atoms with E-state index in [1.807, 2.05) is 6.07 Å². The van der Waals surface area contributed by atoms with E-state index >= 15 is 0 Å². The molecule has 0 aliphatic rings. The van der Waals surface area contributed by atoms with Gasteiger partial charge in [-0.15, -0.1) is 0 Å². The maximum absolute atomic E-state index is 11.4. The monoisotopic (exact) mass is 388 g/mol. The van der Waals surface area contributed by atoms with Gasteiger partial charge < -0.3 is 9.47 Å². The first kappa shape index (κ1) is 16.1. The van der Waals surface area contributed by atoms with Crippen LogP contribution in [-0.2, 0) is 11.3 Å². The zero-order valence-corrected chi connectivity index (χ0v) is 14.1. The van der Waals surface area contributed by atoms with Crippen molar-refractivity contribution in [3.05, 3.63) is 62.0 Å². The predicted octanol–water partition coefficient (Wildman–Crippen LogP) is 5.12. The fourth-order valence-electron chi connectivity index (χ4n) is 1.65. The molecule has 0 radical (unpaired) electrons. The van der Waals surface area contributed by atoms with Gasteiger partial charge in [-0.2, -0.15) is 0 Å². The van der Waals surface area contributed by atoms with Gasteiger partial charge in [0.15, 0.2) is 0 Å². The van der Waals surface area contributed by atoms with Crippen LogP contribution in [0.3, 0.4) is 0 Å². The summed E-state index contributed by atoms with van der Waals surface area (Å²) in [6.07, 6.45) is 0. The predicted molar refractivity (Wildman–Crippen MR) is 86.3 cm³/mol. The van der Waals surface area contributed by atoms with Gasteiger partial charge >= 0.3 is 5.97 Å². The van der Waals surface area contributed by atoms with E-state index < -0.39 is 5.97 Å². The van der Waals surface area contributed by atoms with E-state index in [0.29, 0.717) is 32.4 Å². The van der Waals surface area contributed by atoms with Crippen molar-refractivity contribution in [3.63, 3.8) is 0 Å². The van der Waals surface area contributed by atoms with Crippen molar-refractivity contribution in [3.8, 4) is 5.75 Å². The van der Waals surface area contributed by atoms with Crippen molar-refractivity contribution in [2.45, 2.75) is 6.61 Å². The number of esters is 1. The lowest BCUT2D eigenvalue weighted by Crippen LogP contribution is -2.02. The maximum atomic E-state index is 11.4. The molecule has 0 heterocycles. The van der Waals surface area contributed by atoms with Gasteiger partial charge in [-0.25, -0.2) is 4.79 Å². The summed E-state index contributed by atoms with van der Waals surface area (Å²) < 4.78 is 11.0. The zero-order chi connectivity index (χ0) is 15.4. The Labute approximate surface area is 140 Å². The van der Waals surface area contributed by atoms with Crippen LogP contribution in [0.2, 0.25) is 10.0 Å². The molecule has 2 rings (SSSR count). The molecule has 0 aliphatic carbocycles. The molecule has 0 aromatic heterocycles. The van der Waals surface area contributed by atoms with Crippen molar-refractivity contribution in [1.29, 1.82) is 0 Å². The van der Waals surface area contributed by atoms with Crippen LogP contribution < -0.4 is 4.74 Å². The Morgan fingerprint density at radius 3 is 2.52 bits per heavy atom. The summed E-state index contributed by atoms with van der Waals surface area (Å²) >= 11 is 15.2. The lowest BCUT2D eigenvalue weighted by molar-refractivity contribution is 0.0600. The first-order valence-electron chi connectivity index (χ1n) is 5.96. The SMILES string of the molecule is COC(=O)c1ccc(OCc2ccc(Cl)c(Cl)c2)c(Br)c1. The summed E-state index contributed by atoms with van der Waals surface area (Å²) in [5.41, 5.74) is 1.35. The van der Waals surface area contributed by atoms with E-state index in [4.69, 9.17) is 27.9 Å². The average molecular weight is 390 g/mol. The molecule has 110 valence electrons. The second kappa shape index (κ2) is 7.16. The molecular formula is C15H11BrCl2O3. The molecule has 21 heavy (non-hydrogen) atoms. The number of halogens is 3. The Morgan fingerprint density at radius 2 is 1.90 bits per heavy atom. The number of methoxy groups -OCH3 is 1. The van der Waals surface area contributed by atoms with Crippen molar-refractivity contribution >= 4 is 45.1 Å². The second-order valence-electron chi connectivity index (χ2n) is 4.17. The number of carbonyl (C=O) groups excluding carboxylic acids is 1. The van der Waals surface area contributed by atoms with Crippen molar-refractivity contribution in [2.24, 2.45) is 0 Å². The van der Waals surface area contributed by atoms with E-state index in [2.05, 4.69) is 20.7 Å². The van der Waals surface area contributed by atoms with Crippen molar-refractivity contribution < 1.29 is 14.3 Å². The van der Waals surface area contributed by atoms with E-state index in [-0.39, 0.29) is 0 Å². The van der Waals surface area contributed by atoms with Crippen LogP contribution in [0.4, 0.5) is 0 Å². The minimum absolute atomic E-state index is 0.340. The van der Waals surface area contributed by atoms with Gasteiger partial charge in [-0.3, -0.25) is 0 Å². The highest BCUT2D eigenvalue weighted by molar-refractivity contribution is 9.10. The highest BCUT2D eigenvalue weighted by Crippen LogP contribution is 2.28. The van der Waals surface area contributed by atoms with Gasteiger partial charge in [-0.1, -0.05) is 29.3 Å². The molecule has 0 bridgehead atoms. The molecule has 0 aliphatic heterocycles. The normalized spacial score (nSPS) is 10.3. The molecule has 0 fully saturated rings. The largest absolute Gasteiger partial charge is 0.488 e. The number of ether oxygens (including phenoxy) is 2. The van der Waals surface area contributed by atoms with Crippen molar-refractivity contribution in [2.75, 3.05) is 7.11 Å². The lowest BCUT2D eigenvalue weighted by atomic mass is 10.2. The van der Waals surface area contributed by atoms with E-state index in [1.54, 1.807) is 30.3 Å². The molecule has 2 aromatic carbocycles. The molecular weight excluding hydrogens is 379 g/mol. The summed E-state index contributed by atoms with van der Waals surface area (Å²) in [7, 11) is 1.34. The van der Waals surface area contributed by atoms with E-state index in [9.17, 15) is 4.79 Å². The van der Waals surface area contributed by atoms with Crippen LogP contribution in [0.5, 0.6) is 5.75 Å². The van der Waals surface area contributed by atoms with Crippen LogP contribution in [0.15, 0.2) is 40.9 Å². The highest BCUT2D eigenvalue weighted by atomic mass is 79.9. The van der Waals surface area contributed by atoms with Crippen LogP contribution in [0, 0.1) is 0 Å². The molecule has 0 saturated carbocycles. The number of hydrogen-bond acceptors (Lipinski definition) is 3. The Balaban J connectivity index is 2.09. The summed E-state index contributed by atoms with van der Waals surface area (Å²) in [4.78, 5) is 11.4. The minimum atomic E-state index is -0.397. The molecule has 0 saturated heterocycles. The third-order valence-electron chi connectivity index (χ3n) is 2.73. The second-order valence-corrected chi connectivity index (χ2v) is 5.84. The molecule has 0 amide bonds. The Bertz CT molecular complexity index is 674. The first-order valence-corrected chi connectivity index (χ1v) is 7.50. The molecule has 0 atom stereocenters. The van der Waals surface area contributed by atoms with Gasteiger partial charge in [0.1, 0.15) is 12.4 Å². The smallest absolute Gasteiger partial charge is 0.337 e. The van der Waals surface area contributed by atoms with Crippen LogP contribution >= 0.6 is 39.1 Å². The molecule has 2 aromatic rings. The Morgan fingerprint density at radius 1 is 1.14 bits per heavy atom. The van der Waals surface area contributed by atoms with Crippen LogP contribution in [0.1, 0.15) is 15.9 Å². The maximum Gasteiger partial charge on any atom is 0.337 e. The standard InChI is InChI=1S/C15H11BrCl2O3/c1-20-15(19)10-3-5-14(11(16)7-10)21-8-9-2-4-12(17)13(18)6-9/h2-7H,8H2,1H3. The quantitative estimate of drug-likeness (QED) is 0.680. The summed E-state index contributed by atoms with van der Waals surface area (Å²) in [5, 5.41) is 0.988.